The highest BCUT2D eigenvalue weighted by Gasteiger charge is 2.31. The van der Waals surface area contributed by atoms with Gasteiger partial charge in [-0.3, -0.25) is 19.2 Å². The van der Waals surface area contributed by atoms with E-state index in [0.29, 0.717) is 5.75 Å². The lowest BCUT2D eigenvalue weighted by Crippen LogP contribution is -2.57. The molecule has 3 amide bonds. The molecule has 0 aromatic heterocycles. The highest BCUT2D eigenvalue weighted by molar-refractivity contribution is 7.98. The van der Waals surface area contributed by atoms with E-state index in [0.717, 1.165) is 0 Å². The number of thioether (sulfide) groups is 1. The van der Waals surface area contributed by atoms with Crippen LogP contribution < -0.4 is 21.7 Å². The average Bonchev–Trinajstić information content (AvgIpc) is 2.62. The zero-order chi connectivity index (χ0) is 23.4. The molecule has 0 bridgehead atoms. The van der Waals surface area contributed by atoms with Crippen LogP contribution in [0, 0.1) is 5.92 Å². The number of carbonyl (C=O) groups is 5. The molecule has 0 rings (SSSR count). The van der Waals surface area contributed by atoms with Gasteiger partial charge in [-0.2, -0.15) is 11.8 Å². The summed E-state index contributed by atoms with van der Waals surface area (Å²) in [4.78, 5) is 59.6. The molecule has 172 valence electrons. The third kappa shape index (κ3) is 11.0. The van der Waals surface area contributed by atoms with Crippen molar-refractivity contribution in [2.24, 2.45) is 11.7 Å². The van der Waals surface area contributed by atoms with Gasteiger partial charge in [0.25, 0.3) is 0 Å². The second-order valence-corrected chi connectivity index (χ2v) is 8.30. The second kappa shape index (κ2) is 13.8. The first kappa shape index (κ1) is 27.7. The molecule has 0 spiro atoms. The first-order valence-corrected chi connectivity index (χ1v) is 10.9. The fourth-order valence-electron chi connectivity index (χ4n) is 2.43. The van der Waals surface area contributed by atoms with Gasteiger partial charge in [0.05, 0.1) is 12.5 Å². The van der Waals surface area contributed by atoms with E-state index in [2.05, 4.69) is 16.0 Å². The number of hydrogen-bond donors (Lipinski definition) is 6. The Balaban J connectivity index is 5.40. The van der Waals surface area contributed by atoms with Crippen LogP contribution >= 0.6 is 11.8 Å². The number of carboxylic acid groups (broad SMARTS) is 2. The van der Waals surface area contributed by atoms with Crippen LogP contribution in [0.3, 0.4) is 0 Å². The lowest BCUT2D eigenvalue weighted by Gasteiger charge is -2.25. The maximum atomic E-state index is 12.7. The quantitative estimate of drug-likeness (QED) is 0.197. The van der Waals surface area contributed by atoms with Crippen LogP contribution in [0.5, 0.6) is 0 Å². The molecular weight excluding hydrogens is 416 g/mol. The minimum atomic E-state index is -1.51. The molecule has 0 saturated carbocycles. The number of nitrogens with one attached hydrogen (secondary N) is 3. The summed E-state index contributed by atoms with van der Waals surface area (Å²) in [6.07, 6.45) is 1.40. The maximum absolute atomic E-state index is 12.7. The smallest absolute Gasteiger partial charge is 0.326 e. The number of carbonyl (C=O) groups excluding carboxylic acids is 3. The fraction of sp³-hybridized carbons (Fsp3) is 0.722. The van der Waals surface area contributed by atoms with Crippen molar-refractivity contribution in [3.05, 3.63) is 0 Å². The SMILES string of the molecule is CSCCC(NC(=O)C(CC(=O)O)NC(=O)C(CC(C)C)NC(=O)C(C)N)C(=O)O. The Kier molecular flexibility index (Phi) is 12.7. The molecule has 0 aliphatic heterocycles. The summed E-state index contributed by atoms with van der Waals surface area (Å²) in [5.41, 5.74) is 5.51. The number of nitrogens with two attached hydrogens (primary N) is 1. The summed E-state index contributed by atoms with van der Waals surface area (Å²) in [5.74, 6) is -4.41. The molecule has 12 heteroatoms. The Morgan fingerprint density at radius 2 is 1.37 bits per heavy atom. The minimum absolute atomic E-state index is 0.00353. The summed E-state index contributed by atoms with van der Waals surface area (Å²) in [6.45, 7) is 5.09. The minimum Gasteiger partial charge on any atom is -0.481 e. The van der Waals surface area contributed by atoms with Crippen LogP contribution in [-0.2, 0) is 24.0 Å². The van der Waals surface area contributed by atoms with Gasteiger partial charge in [0.15, 0.2) is 0 Å². The van der Waals surface area contributed by atoms with E-state index in [1.54, 1.807) is 6.26 Å². The van der Waals surface area contributed by atoms with Gasteiger partial charge >= 0.3 is 11.9 Å². The normalized spacial score (nSPS) is 14.9. The maximum Gasteiger partial charge on any atom is 0.326 e. The van der Waals surface area contributed by atoms with Crippen LogP contribution in [0.4, 0.5) is 0 Å². The molecule has 30 heavy (non-hydrogen) atoms. The Bertz CT molecular complexity index is 628. The van der Waals surface area contributed by atoms with Crippen molar-refractivity contribution in [1.29, 1.82) is 0 Å². The van der Waals surface area contributed by atoms with Crippen molar-refractivity contribution in [3.8, 4) is 0 Å². The molecule has 0 aliphatic rings. The molecule has 7 N–H and O–H groups in total. The van der Waals surface area contributed by atoms with Gasteiger partial charge in [-0.1, -0.05) is 13.8 Å². The Labute approximate surface area is 179 Å². The molecule has 0 fully saturated rings. The molecule has 0 aromatic carbocycles. The number of hydrogen-bond acceptors (Lipinski definition) is 7. The third-order valence-corrected chi connectivity index (χ3v) is 4.63. The number of aliphatic carboxylic acids is 2. The molecule has 0 aliphatic carbocycles. The number of rotatable bonds is 14. The zero-order valence-electron chi connectivity index (χ0n) is 17.6. The van der Waals surface area contributed by atoms with Crippen LogP contribution in [-0.4, -0.2) is 76.0 Å². The number of carboxylic acids is 2. The summed E-state index contributed by atoms with van der Waals surface area (Å²) < 4.78 is 0. The van der Waals surface area contributed by atoms with Crippen LogP contribution in [0.15, 0.2) is 0 Å². The van der Waals surface area contributed by atoms with Crippen LogP contribution in [0.1, 0.15) is 40.0 Å². The van der Waals surface area contributed by atoms with E-state index in [4.69, 9.17) is 10.8 Å². The summed E-state index contributed by atoms with van der Waals surface area (Å²) in [7, 11) is 0. The van der Waals surface area contributed by atoms with Crippen molar-refractivity contribution in [2.45, 2.75) is 64.2 Å². The first-order chi connectivity index (χ1) is 13.9. The van der Waals surface area contributed by atoms with Gasteiger partial charge in [-0.25, -0.2) is 4.79 Å². The average molecular weight is 449 g/mol. The van der Waals surface area contributed by atoms with Gasteiger partial charge in [-0.15, -0.1) is 0 Å². The molecular formula is C18H32N4O7S. The summed E-state index contributed by atoms with van der Waals surface area (Å²) in [5, 5.41) is 25.4. The van der Waals surface area contributed by atoms with Crippen LogP contribution in [0.25, 0.3) is 0 Å². The van der Waals surface area contributed by atoms with Gasteiger partial charge in [0, 0.05) is 0 Å². The van der Waals surface area contributed by atoms with Crippen LogP contribution in [0.2, 0.25) is 0 Å². The molecule has 0 saturated heterocycles. The number of amides is 3. The monoisotopic (exact) mass is 448 g/mol. The van der Waals surface area contributed by atoms with E-state index in [-0.39, 0.29) is 18.8 Å². The van der Waals surface area contributed by atoms with Gasteiger partial charge in [-0.05, 0) is 37.7 Å². The second-order valence-electron chi connectivity index (χ2n) is 7.32. The first-order valence-electron chi connectivity index (χ1n) is 9.49. The summed E-state index contributed by atoms with van der Waals surface area (Å²) in [6, 6.07) is -4.62. The zero-order valence-corrected chi connectivity index (χ0v) is 18.5. The lowest BCUT2D eigenvalue weighted by atomic mass is 10.0. The lowest BCUT2D eigenvalue weighted by molar-refractivity contribution is -0.143. The largest absolute Gasteiger partial charge is 0.481 e. The van der Waals surface area contributed by atoms with E-state index in [9.17, 15) is 29.1 Å². The highest BCUT2D eigenvalue weighted by atomic mass is 32.2. The molecule has 0 aromatic rings. The van der Waals surface area contributed by atoms with E-state index >= 15 is 0 Å². The highest BCUT2D eigenvalue weighted by Crippen LogP contribution is 2.07. The van der Waals surface area contributed by atoms with E-state index < -0.39 is 60.2 Å². The van der Waals surface area contributed by atoms with Crippen molar-refractivity contribution in [3.63, 3.8) is 0 Å². The Morgan fingerprint density at radius 3 is 1.80 bits per heavy atom. The standard InChI is InChI=1S/C18H32N4O7S/c1-9(2)7-12(21-15(25)10(3)19)16(26)22-13(8-14(23)24)17(27)20-11(18(28)29)5-6-30-4/h9-13H,5-8,19H2,1-4H3,(H,20,27)(H,21,25)(H,22,26)(H,23,24)(H,28,29). The topological polar surface area (TPSA) is 188 Å². The molecule has 11 nitrogen and oxygen atoms in total. The van der Waals surface area contributed by atoms with Gasteiger partial charge < -0.3 is 31.9 Å². The molecule has 4 unspecified atom stereocenters. The van der Waals surface area contributed by atoms with Crippen molar-refractivity contribution in [1.82, 2.24) is 16.0 Å². The third-order valence-electron chi connectivity index (χ3n) is 3.99. The van der Waals surface area contributed by atoms with Gasteiger partial charge in [0.1, 0.15) is 18.1 Å². The van der Waals surface area contributed by atoms with Crippen molar-refractivity contribution in [2.75, 3.05) is 12.0 Å². The summed E-state index contributed by atoms with van der Waals surface area (Å²) >= 11 is 1.39. The predicted molar refractivity (Wildman–Crippen MR) is 112 cm³/mol. The predicted octanol–water partition coefficient (Wildman–Crippen LogP) is -0.853. The Morgan fingerprint density at radius 1 is 0.867 bits per heavy atom. The van der Waals surface area contributed by atoms with Crippen molar-refractivity contribution >= 4 is 41.4 Å². The fourth-order valence-corrected chi connectivity index (χ4v) is 2.90. The molecule has 0 heterocycles. The Hall–Kier alpha value is -2.34. The van der Waals surface area contributed by atoms with Crippen molar-refractivity contribution < 1.29 is 34.2 Å². The molecule has 0 radical (unpaired) electrons. The van der Waals surface area contributed by atoms with Gasteiger partial charge in [0.2, 0.25) is 17.7 Å². The van der Waals surface area contributed by atoms with E-state index in [1.807, 2.05) is 13.8 Å². The van der Waals surface area contributed by atoms with E-state index in [1.165, 1.54) is 18.7 Å². The molecule has 4 atom stereocenters.